The molecular formula is C20H25BrN2S. The quantitative estimate of drug-likeness (QED) is 0.722. The molecule has 24 heavy (non-hydrogen) atoms. The minimum Gasteiger partial charge on any atom is -0.371 e. The predicted octanol–water partition coefficient (Wildman–Crippen LogP) is 5.35. The lowest BCUT2D eigenvalue weighted by Crippen LogP contribution is -2.41. The summed E-state index contributed by atoms with van der Waals surface area (Å²) in [5.41, 5.74) is 2.70. The Kier molecular flexibility index (Phi) is 5.90. The lowest BCUT2D eigenvalue weighted by atomic mass is 9.95. The maximum atomic E-state index is 3.83. The number of hydrogen-bond donors (Lipinski definition) is 1. The third-order valence-electron chi connectivity index (χ3n) is 4.84. The Hall–Kier alpha value is -0.970. The molecule has 4 heteroatoms. The van der Waals surface area contributed by atoms with Gasteiger partial charge in [-0.1, -0.05) is 41.1 Å². The molecule has 0 radical (unpaired) electrons. The number of hydrogen-bond acceptors (Lipinski definition) is 3. The number of halogens is 1. The molecule has 0 spiro atoms. The fraction of sp³-hybridized carbons (Fsp3) is 0.400. The Balaban J connectivity index is 1.69. The molecule has 0 bridgehead atoms. The zero-order chi connectivity index (χ0) is 17.1. The van der Waals surface area contributed by atoms with Gasteiger partial charge in [-0.3, -0.25) is 0 Å². The number of thioether (sulfide) groups is 1. The largest absolute Gasteiger partial charge is 0.371 e. The molecular weight excluding hydrogens is 380 g/mol. The summed E-state index contributed by atoms with van der Waals surface area (Å²) in [7, 11) is 2.17. The van der Waals surface area contributed by atoms with Gasteiger partial charge < -0.3 is 10.2 Å². The van der Waals surface area contributed by atoms with Gasteiger partial charge in [-0.05, 0) is 48.7 Å². The van der Waals surface area contributed by atoms with Crippen LogP contribution in [-0.2, 0) is 0 Å². The van der Waals surface area contributed by atoms with Gasteiger partial charge in [0.25, 0.3) is 0 Å². The lowest BCUT2D eigenvalue weighted by Gasteiger charge is -2.34. The molecule has 2 aromatic carbocycles. The highest BCUT2D eigenvalue weighted by molar-refractivity contribution is 9.10. The van der Waals surface area contributed by atoms with E-state index in [-0.39, 0.29) is 0 Å². The van der Waals surface area contributed by atoms with Crippen molar-refractivity contribution in [1.29, 1.82) is 0 Å². The van der Waals surface area contributed by atoms with Crippen LogP contribution in [0.1, 0.15) is 25.5 Å². The minimum atomic E-state index is 0.422. The van der Waals surface area contributed by atoms with Crippen molar-refractivity contribution in [2.45, 2.75) is 30.8 Å². The molecule has 0 aliphatic carbocycles. The van der Waals surface area contributed by atoms with Crippen LogP contribution < -0.4 is 10.2 Å². The molecule has 1 aliphatic heterocycles. The number of para-hydroxylation sites is 1. The average molecular weight is 405 g/mol. The normalized spacial score (nSPS) is 21.2. The van der Waals surface area contributed by atoms with Crippen LogP contribution in [0.25, 0.3) is 0 Å². The van der Waals surface area contributed by atoms with Crippen LogP contribution in [0.2, 0.25) is 0 Å². The summed E-state index contributed by atoms with van der Waals surface area (Å²) in [5, 5.41) is 3.83. The summed E-state index contributed by atoms with van der Waals surface area (Å²) in [4.78, 5) is 3.76. The van der Waals surface area contributed by atoms with Crippen LogP contribution in [-0.4, -0.2) is 25.4 Å². The van der Waals surface area contributed by atoms with E-state index >= 15 is 0 Å². The van der Waals surface area contributed by atoms with Gasteiger partial charge in [-0.25, -0.2) is 0 Å². The molecule has 1 N–H and O–H groups in total. The first kappa shape index (κ1) is 17.8. The molecule has 2 aromatic rings. The first-order valence-electron chi connectivity index (χ1n) is 8.49. The number of nitrogens with one attached hydrogen (secondary N) is 1. The van der Waals surface area contributed by atoms with Crippen LogP contribution in [0.15, 0.2) is 57.9 Å². The Morgan fingerprint density at radius 1 is 1.25 bits per heavy atom. The van der Waals surface area contributed by atoms with Crippen molar-refractivity contribution in [3.05, 3.63) is 58.6 Å². The molecule has 0 amide bonds. The maximum Gasteiger partial charge on any atom is 0.0383 e. The van der Waals surface area contributed by atoms with Crippen molar-refractivity contribution < 1.29 is 0 Å². The topological polar surface area (TPSA) is 15.3 Å². The van der Waals surface area contributed by atoms with E-state index < -0.39 is 0 Å². The van der Waals surface area contributed by atoms with Crippen molar-refractivity contribution in [1.82, 2.24) is 5.32 Å². The van der Waals surface area contributed by atoms with Gasteiger partial charge in [0.05, 0.1) is 0 Å². The molecule has 0 saturated carbocycles. The van der Waals surface area contributed by atoms with Gasteiger partial charge in [0.1, 0.15) is 0 Å². The second-order valence-corrected chi connectivity index (χ2v) is 8.63. The highest BCUT2D eigenvalue weighted by Gasteiger charge is 2.27. The highest BCUT2D eigenvalue weighted by Crippen LogP contribution is 2.40. The van der Waals surface area contributed by atoms with Crippen molar-refractivity contribution in [2.24, 2.45) is 5.92 Å². The number of rotatable bonds is 5. The Morgan fingerprint density at radius 3 is 2.75 bits per heavy atom. The second kappa shape index (κ2) is 7.94. The maximum absolute atomic E-state index is 3.83. The molecule has 1 heterocycles. The van der Waals surface area contributed by atoms with Gasteiger partial charge in [0.2, 0.25) is 0 Å². The number of fused-ring (bicyclic) bond motifs is 1. The SMILES string of the molecule is CC1CSc2ccc(Br)cc2C1NCC(C)N(C)c1ccccc1. The van der Waals surface area contributed by atoms with Crippen LogP contribution >= 0.6 is 27.7 Å². The first-order chi connectivity index (χ1) is 11.6. The predicted molar refractivity (Wildman–Crippen MR) is 109 cm³/mol. The molecule has 0 fully saturated rings. The fourth-order valence-corrected chi connectivity index (χ4v) is 4.71. The van der Waals surface area contributed by atoms with Gasteiger partial charge in [0.15, 0.2) is 0 Å². The first-order valence-corrected chi connectivity index (χ1v) is 10.3. The molecule has 1 aliphatic rings. The summed E-state index contributed by atoms with van der Waals surface area (Å²) >= 11 is 5.60. The Labute approximate surface area is 158 Å². The van der Waals surface area contributed by atoms with Gasteiger partial charge >= 0.3 is 0 Å². The van der Waals surface area contributed by atoms with E-state index in [1.54, 1.807) is 0 Å². The molecule has 0 saturated heterocycles. The van der Waals surface area contributed by atoms with Crippen LogP contribution in [0.5, 0.6) is 0 Å². The number of anilines is 1. The molecule has 2 nitrogen and oxygen atoms in total. The zero-order valence-electron chi connectivity index (χ0n) is 14.5. The molecule has 128 valence electrons. The molecule has 0 aromatic heterocycles. The molecule has 3 atom stereocenters. The van der Waals surface area contributed by atoms with Crippen LogP contribution in [0, 0.1) is 5.92 Å². The van der Waals surface area contributed by atoms with Crippen molar-refractivity contribution in [3.8, 4) is 0 Å². The summed E-state index contributed by atoms with van der Waals surface area (Å²) in [6, 6.07) is 18.1. The van der Waals surface area contributed by atoms with E-state index in [0.717, 1.165) is 11.0 Å². The van der Waals surface area contributed by atoms with Crippen molar-refractivity contribution >= 4 is 33.4 Å². The average Bonchev–Trinajstić information content (AvgIpc) is 2.60. The minimum absolute atomic E-state index is 0.422. The lowest BCUT2D eigenvalue weighted by molar-refractivity contribution is 0.394. The highest BCUT2D eigenvalue weighted by atomic mass is 79.9. The van der Waals surface area contributed by atoms with E-state index in [4.69, 9.17) is 0 Å². The van der Waals surface area contributed by atoms with E-state index in [0.29, 0.717) is 18.0 Å². The summed E-state index contributed by atoms with van der Waals surface area (Å²) in [5.74, 6) is 1.81. The third kappa shape index (κ3) is 3.98. The number of benzene rings is 2. The van der Waals surface area contributed by atoms with E-state index in [1.165, 1.54) is 21.9 Å². The molecule has 3 unspecified atom stereocenters. The smallest absolute Gasteiger partial charge is 0.0383 e. The summed E-state index contributed by atoms with van der Waals surface area (Å²) < 4.78 is 1.16. The molecule has 3 rings (SSSR count). The van der Waals surface area contributed by atoms with Gasteiger partial charge in [-0.2, -0.15) is 0 Å². The number of likely N-dealkylation sites (N-methyl/N-ethyl adjacent to an activating group) is 1. The van der Waals surface area contributed by atoms with Crippen LogP contribution in [0.4, 0.5) is 5.69 Å². The standard InChI is InChI=1S/C20H25BrN2S/c1-14-13-24-19-10-9-16(21)11-18(19)20(14)22-12-15(2)23(3)17-7-5-4-6-8-17/h4-11,14-15,20,22H,12-13H2,1-3H3. The summed E-state index contributed by atoms with van der Waals surface area (Å²) in [6.07, 6.45) is 0. The fourth-order valence-electron chi connectivity index (χ4n) is 3.18. The van der Waals surface area contributed by atoms with E-state index in [9.17, 15) is 0 Å². The zero-order valence-corrected chi connectivity index (χ0v) is 16.9. The number of nitrogens with zero attached hydrogens (tertiary/aromatic N) is 1. The van der Waals surface area contributed by atoms with Gasteiger partial charge in [0, 0.05) is 46.5 Å². The van der Waals surface area contributed by atoms with Crippen molar-refractivity contribution in [3.63, 3.8) is 0 Å². The van der Waals surface area contributed by atoms with Gasteiger partial charge in [-0.15, -0.1) is 11.8 Å². The van der Waals surface area contributed by atoms with Crippen molar-refractivity contribution in [2.75, 3.05) is 24.2 Å². The Bertz CT molecular complexity index is 677. The monoisotopic (exact) mass is 404 g/mol. The van der Waals surface area contributed by atoms with Crippen LogP contribution in [0.3, 0.4) is 0 Å². The van der Waals surface area contributed by atoms with E-state index in [1.807, 2.05) is 11.8 Å². The Morgan fingerprint density at radius 2 is 2.00 bits per heavy atom. The third-order valence-corrected chi connectivity index (χ3v) is 6.70. The summed E-state index contributed by atoms with van der Waals surface area (Å²) in [6.45, 7) is 5.60. The van der Waals surface area contributed by atoms with E-state index in [2.05, 4.69) is 95.6 Å². The second-order valence-electron chi connectivity index (χ2n) is 6.65.